The van der Waals surface area contributed by atoms with Crippen LogP contribution in [-0.2, 0) is 4.79 Å². The quantitative estimate of drug-likeness (QED) is 0.828. The van der Waals surface area contributed by atoms with Gasteiger partial charge in [0.2, 0.25) is 5.91 Å². The van der Waals surface area contributed by atoms with Gasteiger partial charge in [-0.05, 0) is 64.6 Å². The van der Waals surface area contributed by atoms with Gasteiger partial charge in [0.15, 0.2) is 0 Å². The predicted octanol–water partition coefficient (Wildman–Crippen LogP) is 3.61. The highest BCUT2D eigenvalue weighted by molar-refractivity contribution is 5.93. The number of halogens is 2. The Morgan fingerprint density at radius 2 is 1.60 bits per heavy atom. The molecule has 2 fully saturated rings. The van der Waals surface area contributed by atoms with Crippen LogP contribution in [0.25, 0.3) is 0 Å². The van der Waals surface area contributed by atoms with Crippen LogP contribution in [0.3, 0.4) is 0 Å². The SMILES string of the molecule is Cc1cc(C)c(NC(=O)CNC2CC3CCC(C2)N3C)c(C)c1.Cl.Cl. The van der Waals surface area contributed by atoms with E-state index in [-0.39, 0.29) is 30.7 Å². The number of aryl methyl sites for hydroxylation is 3. The molecular formula is C19H31Cl2N3O. The van der Waals surface area contributed by atoms with Crippen molar-refractivity contribution in [3.8, 4) is 0 Å². The highest BCUT2D eigenvalue weighted by atomic mass is 35.5. The second-order valence-corrected chi connectivity index (χ2v) is 7.42. The first-order valence-corrected chi connectivity index (χ1v) is 8.77. The summed E-state index contributed by atoms with van der Waals surface area (Å²) in [4.78, 5) is 14.8. The molecule has 2 N–H and O–H groups in total. The van der Waals surface area contributed by atoms with Crippen molar-refractivity contribution in [1.29, 1.82) is 0 Å². The first-order chi connectivity index (χ1) is 10.9. The first-order valence-electron chi connectivity index (χ1n) is 8.77. The van der Waals surface area contributed by atoms with Gasteiger partial charge in [-0.1, -0.05) is 17.7 Å². The minimum Gasteiger partial charge on any atom is -0.324 e. The fraction of sp³-hybridized carbons (Fsp3) is 0.632. The van der Waals surface area contributed by atoms with Crippen LogP contribution in [0.2, 0.25) is 0 Å². The highest BCUT2D eigenvalue weighted by Gasteiger charge is 2.38. The first kappa shape index (κ1) is 22.2. The van der Waals surface area contributed by atoms with E-state index in [1.165, 1.54) is 31.2 Å². The Bertz CT molecular complexity index is 571. The van der Waals surface area contributed by atoms with E-state index in [4.69, 9.17) is 0 Å². The number of piperidine rings is 1. The Labute approximate surface area is 163 Å². The number of nitrogens with one attached hydrogen (secondary N) is 2. The molecule has 2 saturated heterocycles. The maximum Gasteiger partial charge on any atom is 0.238 e. The van der Waals surface area contributed by atoms with E-state index in [2.05, 4.69) is 55.5 Å². The molecule has 1 aromatic carbocycles. The zero-order valence-electron chi connectivity index (χ0n) is 15.6. The summed E-state index contributed by atoms with van der Waals surface area (Å²) in [5, 5.41) is 6.55. The summed E-state index contributed by atoms with van der Waals surface area (Å²) >= 11 is 0. The summed E-state index contributed by atoms with van der Waals surface area (Å²) < 4.78 is 0. The molecule has 25 heavy (non-hydrogen) atoms. The summed E-state index contributed by atoms with van der Waals surface area (Å²) in [6.45, 7) is 6.59. The number of rotatable bonds is 4. The van der Waals surface area contributed by atoms with Gasteiger partial charge in [-0.25, -0.2) is 0 Å². The number of fused-ring (bicyclic) bond motifs is 2. The van der Waals surface area contributed by atoms with Crippen LogP contribution >= 0.6 is 24.8 Å². The van der Waals surface area contributed by atoms with E-state index < -0.39 is 0 Å². The van der Waals surface area contributed by atoms with Crippen LogP contribution < -0.4 is 10.6 Å². The second kappa shape index (κ2) is 9.22. The standard InChI is InChI=1S/C19H29N3O.2ClH/c1-12-7-13(2)19(14(3)8-12)21-18(23)11-20-15-9-16-5-6-17(10-15)22(16)4;;/h7-8,15-17,20H,5-6,9-11H2,1-4H3,(H,21,23);2*1H. The Morgan fingerprint density at radius 3 is 2.12 bits per heavy atom. The van der Waals surface area contributed by atoms with Gasteiger partial charge in [0.25, 0.3) is 0 Å². The average molecular weight is 388 g/mol. The zero-order valence-corrected chi connectivity index (χ0v) is 17.2. The molecule has 0 aromatic heterocycles. The van der Waals surface area contributed by atoms with Gasteiger partial charge in [0.05, 0.1) is 6.54 Å². The van der Waals surface area contributed by atoms with E-state index in [1.54, 1.807) is 0 Å². The molecule has 6 heteroatoms. The molecule has 1 aromatic rings. The van der Waals surface area contributed by atoms with Crippen LogP contribution in [0, 0.1) is 20.8 Å². The van der Waals surface area contributed by atoms with Crippen molar-refractivity contribution in [2.45, 2.75) is 64.6 Å². The van der Waals surface area contributed by atoms with Crippen molar-refractivity contribution in [3.63, 3.8) is 0 Å². The minimum absolute atomic E-state index is 0. The molecule has 0 saturated carbocycles. The van der Waals surface area contributed by atoms with Gasteiger partial charge in [-0.15, -0.1) is 24.8 Å². The molecule has 2 aliphatic heterocycles. The summed E-state index contributed by atoms with van der Waals surface area (Å²) in [6, 6.07) is 6.12. The van der Waals surface area contributed by atoms with Crippen LogP contribution in [0.4, 0.5) is 5.69 Å². The third-order valence-electron chi connectivity index (χ3n) is 5.59. The molecule has 2 atom stereocenters. The summed E-state index contributed by atoms with van der Waals surface area (Å²) in [5.41, 5.74) is 4.46. The monoisotopic (exact) mass is 387 g/mol. The van der Waals surface area contributed by atoms with Crippen molar-refractivity contribution in [3.05, 3.63) is 28.8 Å². The lowest BCUT2D eigenvalue weighted by Gasteiger charge is -2.36. The van der Waals surface area contributed by atoms with E-state index in [9.17, 15) is 4.79 Å². The van der Waals surface area contributed by atoms with Gasteiger partial charge >= 0.3 is 0 Å². The highest BCUT2D eigenvalue weighted by Crippen LogP contribution is 2.34. The number of carbonyl (C=O) groups excluding carboxylic acids is 1. The van der Waals surface area contributed by atoms with Crippen LogP contribution in [0.1, 0.15) is 42.4 Å². The molecule has 1 amide bonds. The molecule has 0 spiro atoms. The molecule has 2 heterocycles. The average Bonchev–Trinajstić information content (AvgIpc) is 2.71. The lowest BCUT2D eigenvalue weighted by atomic mass is 9.98. The van der Waals surface area contributed by atoms with Crippen LogP contribution in [0.5, 0.6) is 0 Å². The van der Waals surface area contributed by atoms with Crippen LogP contribution in [-0.4, -0.2) is 42.5 Å². The van der Waals surface area contributed by atoms with Crippen molar-refractivity contribution >= 4 is 36.4 Å². The summed E-state index contributed by atoms with van der Waals surface area (Å²) in [7, 11) is 2.24. The second-order valence-electron chi connectivity index (χ2n) is 7.42. The number of amides is 1. The molecule has 4 nitrogen and oxygen atoms in total. The van der Waals surface area contributed by atoms with E-state index in [0.717, 1.165) is 16.8 Å². The Kier molecular flexibility index (Phi) is 8.20. The Balaban J connectivity index is 0.00000156. The minimum atomic E-state index is 0. The molecule has 2 unspecified atom stereocenters. The molecule has 2 aliphatic rings. The molecule has 3 rings (SSSR count). The largest absolute Gasteiger partial charge is 0.324 e. The van der Waals surface area contributed by atoms with Gasteiger partial charge < -0.3 is 15.5 Å². The fourth-order valence-electron chi connectivity index (χ4n) is 4.38. The smallest absolute Gasteiger partial charge is 0.238 e. The summed E-state index contributed by atoms with van der Waals surface area (Å²) in [6.07, 6.45) is 4.96. The Morgan fingerprint density at radius 1 is 1.08 bits per heavy atom. The molecule has 0 aliphatic carbocycles. The zero-order chi connectivity index (χ0) is 16.6. The van der Waals surface area contributed by atoms with E-state index in [1.807, 2.05) is 0 Å². The van der Waals surface area contributed by atoms with Gasteiger partial charge in [-0.3, -0.25) is 4.79 Å². The lowest BCUT2D eigenvalue weighted by molar-refractivity contribution is -0.115. The fourth-order valence-corrected chi connectivity index (χ4v) is 4.38. The van der Waals surface area contributed by atoms with Crippen molar-refractivity contribution in [2.24, 2.45) is 0 Å². The van der Waals surface area contributed by atoms with E-state index >= 15 is 0 Å². The normalized spacial score (nSPS) is 25.0. The topological polar surface area (TPSA) is 44.4 Å². The maximum atomic E-state index is 12.3. The van der Waals surface area contributed by atoms with Gasteiger partial charge in [0, 0.05) is 23.8 Å². The lowest BCUT2D eigenvalue weighted by Crippen LogP contribution is -2.48. The van der Waals surface area contributed by atoms with Crippen molar-refractivity contribution in [2.75, 3.05) is 18.9 Å². The summed E-state index contributed by atoms with van der Waals surface area (Å²) in [5.74, 6) is 0.0614. The van der Waals surface area contributed by atoms with Crippen molar-refractivity contribution in [1.82, 2.24) is 10.2 Å². The number of carbonyl (C=O) groups is 1. The third kappa shape index (κ3) is 5.10. The number of anilines is 1. The third-order valence-corrected chi connectivity index (χ3v) is 5.59. The van der Waals surface area contributed by atoms with Crippen LogP contribution in [0.15, 0.2) is 12.1 Å². The number of hydrogen-bond donors (Lipinski definition) is 2. The van der Waals surface area contributed by atoms with Gasteiger partial charge in [0.1, 0.15) is 0 Å². The van der Waals surface area contributed by atoms with E-state index in [0.29, 0.717) is 24.7 Å². The molecular weight excluding hydrogens is 357 g/mol. The maximum absolute atomic E-state index is 12.3. The molecule has 2 bridgehead atoms. The van der Waals surface area contributed by atoms with Gasteiger partial charge in [-0.2, -0.15) is 0 Å². The van der Waals surface area contributed by atoms with Crippen molar-refractivity contribution < 1.29 is 4.79 Å². The number of hydrogen-bond acceptors (Lipinski definition) is 3. The number of benzene rings is 1. The predicted molar refractivity (Wildman–Crippen MR) is 109 cm³/mol. The Hall–Kier alpha value is -0.810. The number of nitrogens with zero attached hydrogens (tertiary/aromatic N) is 1. The molecule has 142 valence electrons. The molecule has 0 radical (unpaired) electrons.